The Labute approximate surface area is 427 Å². The first-order valence-electron chi connectivity index (χ1n) is 24.8. The first-order chi connectivity index (χ1) is 35.3. The lowest BCUT2D eigenvalue weighted by molar-refractivity contribution is 0.0927. The number of halogens is 2. The molecule has 4 atom stereocenters. The minimum Gasteiger partial charge on any atom is -0.418 e. The highest BCUT2D eigenvalue weighted by Gasteiger charge is 2.32. The number of aryl methyl sites for hydroxylation is 2. The number of ketones is 2. The number of rotatable bonds is 12. The Morgan fingerprint density at radius 2 is 1.03 bits per heavy atom. The van der Waals surface area contributed by atoms with Crippen LogP contribution in [0.4, 0.5) is 32.1 Å². The molecule has 20 heteroatoms. The van der Waals surface area contributed by atoms with Crippen LogP contribution < -0.4 is 10.6 Å². The van der Waals surface area contributed by atoms with Crippen LogP contribution in [0.5, 0.6) is 0 Å². The monoisotopic (exact) mass is 1010 g/mol. The van der Waals surface area contributed by atoms with E-state index in [9.17, 15) is 18.4 Å². The van der Waals surface area contributed by atoms with E-state index in [4.69, 9.17) is 8.83 Å². The molecule has 18 nitrogen and oxygen atoms in total. The van der Waals surface area contributed by atoms with Gasteiger partial charge >= 0.3 is 0 Å². The summed E-state index contributed by atoms with van der Waals surface area (Å²) < 4.78 is 44.2. The van der Waals surface area contributed by atoms with Gasteiger partial charge in [-0.25, -0.2) is 28.7 Å². The van der Waals surface area contributed by atoms with E-state index in [0.29, 0.717) is 62.2 Å². The van der Waals surface area contributed by atoms with Crippen LogP contribution in [0.15, 0.2) is 94.5 Å². The number of fused-ring (bicyclic) bond motifs is 2. The molecule has 2 aliphatic carbocycles. The number of Topliss-reactive ketones (excluding diaryl/α,β-unsaturated/α-hetero) is 2. The second-order valence-corrected chi connectivity index (χ2v) is 21.1. The number of alkyl halides is 2. The highest BCUT2D eigenvalue weighted by molar-refractivity contribution is 5.92. The molecular formula is C54H60F2N14O4. The summed E-state index contributed by atoms with van der Waals surface area (Å²) >= 11 is 0. The van der Waals surface area contributed by atoms with Gasteiger partial charge in [0.05, 0.1) is 35.2 Å². The molecule has 0 fully saturated rings. The summed E-state index contributed by atoms with van der Waals surface area (Å²) in [4.78, 5) is 43.9. The molecule has 0 unspecified atom stereocenters. The highest BCUT2D eigenvalue weighted by Crippen LogP contribution is 2.39. The molecule has 74 heavy (non-hydrogen) atoms. The van der Waals surface area contributed by atoms with E-state index in [1.54, 1.807) is 34.2 Å². The van der Waals surface area contributed by atoms with Gasteiger partial charge in [-0.05, 0) is 84.0 Å². The number of hydrogen-bond acceptors (Lipinski definition) is 16. The van der Waals surface area contributed by atoms with E-state index in [0.717, 1.165) is 56.1 Å². The fourth-order valence-electron chi connectivity index (χ4n) is 9.15. The van der Waals surface area contributed by atoms with Crippen LogP contribution in [0.2, 0.25) is 0 Å². The van der Waals surface area contributed by atoms with Gasteiger partial charge in [-0.1, -0.05) is 65.8 Å². The molecule has 0 bridgehead atoms. The molecule has 10 rings (SSSR count). The van der Waals surface area contributed by atoms with Crippen molar-refractivity contribution in [1.29, 1.82) is 0 Å². The number of carbonyl (C=O) groups is 2. The van der Waals surface area contributed by atoms with Gasteiger partial charge in [0.1, 0.15) is 12.3 Å². The number of aromatic nitrogens is 12. The van der Waals surface area contributed by atoms with E-state index < -0.39 is 12.3 Å². The van der Waals surface area contributed by atoms with Gasteiger partial charge in [-0.15, -0.1) is 20.4 Å². The summed E-state index contributed by atoms with van der Waals surface area (Å²) in [5.74, 6) is 1.07. The molecule has 6 aromatic heterocycles. The van der Waals surface area contributed by atoms with Crippen LogP contribution >= 0.6 is 0 Å². The molecule has 0 radical (unpaired) electrons. The van der Waals surface area contributed by atoms with Gasteiger partial charge in [0.25, 0.3) is 11.8 Å². The normalized spacial score (nSPS) is 17.8. The van der Waals surface area contributed by atoms with Gasteiger partial charge in [-0.2, -0.15) is 10.2 Å². The molecule has 0 spiro atoms. The predicted octanol–water partition coefficient (Wildman–Crippen LogP) is 10.7. The van der Waals surface area contributed by atoms with Gasteiger partial charge in [0, 0.05) is 86.5 Å². The molecule has 2 aromatic carbocycles. The summed E-state index contributed by atoms with van der Waals surface area (Å²) in [5, 5.41) is 30.6. The fourth-order valence-corrected chi connectivity index (χ4v) is 9.15. The van der Waals surface area contributed by atoms with Crippen molar-refractivity contribution >= 4 is 34.8 Å². The van der Waals surface area contributed by atoms with Crippen LogP contribution in [0.3, 0.4) is 0 Å². The van der Waals surface area contributed by atoms with Crippen molar-refractivity contribution < 1.29 is 27.2 Å². The van der Waals surface area contributed by atoms with Crippen LogP contribution in [-0.2, 0) is 37.8 Å². The summed E-state index contributed by atoms with van der Waals surface area (Å²) in [6.07, 6.45) is 11.4. The van der Waals surface area contributed by atoms with E-state index in [1.807, 2.05) is 117 Å². The van der Waals surface area contributed by atoms with E-state index >= 15 is 0 Å². The average molecular weight is 1010 g/mol. The number of nitrogens with one attached hydrogen (secondary N) is 2. The maximum absolute atomic E-state index is 14.8. The lowest BCUT2D eigenvalue weighted by atomic mass is 9.87. The zero-order chi connectivity index (χ0) is 52.3. The summed E-state index contributed by atoms with van der Waals surface area (Å²) in [7, 11) is 3.67. The summed E-state index contributed by atoms with van der Waals surface area (Å²) in [5.41, 5.74) is 7.79. The second kappa shape index (κ2) is 21.3. The molecule has 0 amide bonds. The van der Waals surface area contributed by atoms with Crippen molar-refractivity contribution in [2.45, 2.75) is 128 Å². The third-order valence-electron chi connectivity index (χ3n) is 13.0. The van der Waals surface area contributed by atoms with Crippen LogP contribution in [0.1, 0.15) is 147 Å². The standard InChI is InChI=1S/2C27H30FN7O2/c2*1-27(2,3)25-34-33-24(37-25)23(36)13-16-5-7-19(28)12-18-11-17(6-8-21(16)18)22-9-10-29-26(32-22)31-20-14-30-35(4)15-20/h2*6,8-11,14-16,19H,5,7,12-13H2,1-4H3,(H,29,31,32)/t2*16-,19+/m10/s1. The number of benzene rings is 2. The van der Waals surface area contributed by atoms with Crippen molar-refractivity contribution in [3.8, 4) is 22.5 Å². The minimum atomic E-state index is -0.974. The molecule has 384 valence electrons. The Morgan fingerprint density at radius 3 is 1.39 bits per heavy atom. The fraction of sp³-hybridized carbons (Fsp3) is 0.407. The topological polar surface area (TPSA) is 223 Å². The molecule has 2 aliphatic rings. The maximum atomic E-state index is 14.8. The van der Waals surface area contributed by atoms with Crippen molar-refractivity contribution in [2.75, 3.05) is 10.6 Å². The smallest absolute Gasteiger partial charge is 0.284 e. The van der Waals surface area contributed by atoms with Gasteiger partial charge in [0.15, 0.2) is 0 Å². The van der Waals surface area contributed by atoms with Gasteiger partial charge in [-0.3, -0.25) is 19.0 Å². The Kier molecular flexibility index (Phi) is 14.7. The number of hydrogen-bond donors (Lipinski definition) is 2. The zero-order valence-corrected chi connectivity index (χ0v) is 42.8. The predicted molar refractivity (Wildman–Crippen MR) is 273 cm³/mol. The van der Waals surface area contributed by atoms with Crippen molar-refractivity contribution in [1.82, 2.24) is 59.9 Å². The third kappa shape index (κ3) is 12.3. The number of carbonyl (C=O) groups excluding carboxylic acids is 2. The Balaban J connectivity index is 0.000000182. The van der Waals surface area contributed by atoms with Crippen molar-refractivity contribution in [3.63, 3.8) is 0 Å². The highest BCUT2D eigenvalue weighted by atomic mass is 19.1. The first-order valence-corrected chi connectivity index (χ1v) is 24.8. The van der Waals surface area contributed by atoms with Crippen LogP contribution in [-0.4, -0.2) is 83.8 Å². The quantitative estimate of drug-likeness (QED) is 0.0857. The van der Waals surface area contributed by atoms with Gasteiger partial charge in [0.2, 0.25) is 35.2 Å². The number of anilines is 4. The molecule has 0 saturated carbocycles. The molecule has 2 N–H and O–H groups in total. The Morgan fingerprint density at radius 1 is 0.608 bits per heavy atom. The molecule has 0 aliphatic heterocycles. The number of nitrogens with zero attached hydrogens (tertiary/aromatic N) is 12. The average Bonchev–Trinajstić information content (AvgIpc) is 4.19. The van der Waals surface area contributed by atoms with Crippen molar-refractivity contribution in [3.05, 3.63) is 132 Å². The largest absolute Gasteiger partial charge is 0.418 e. The summed E-state index contributed by atoms with van der Waals surface area (Å²) in [6, 6.07) is 15.5. The SMILES string of the molecule is Cn1cc(Nc2nccc(-c3ccc4c(c3)C[C@@H](F)CC[C@@H]4CC(=O)c3nnc(C(C)(C)C)o3)n2)cn1.Cn1cc(Nc2nccc(-c3ccc4c(c3)C[C@H](F)CC[C@H]4CC(=O)c3nnc(C(C)(C)C)o3)n2)cn1. The third-order valence-corrected chi connectivity index (χ3v) is 13.0. The minimum absolute atomic E-state index is 0.0128. The van der Waals surface area contributed by atoms with E-state index in [1.165, 1.54) is 0 Å². The lowest BCUT2D eigenvalue weighted by Crippen LogP contribution is -2.11. The Bertz CT molecular complexity index is 3060. The zero-order valence-electron chi connectivity index (χ0n) is 42.8. The van der Waals surface area contributed by atoms with E-state index in [2.05, 4.69) is 61.2 Å². The molecular weight excluding hydrogens is 947 g/mol. The Hall–Kier alpha value is -7.90. The van der Waals surface area contributed by atoms with Crippen LogP contribution in [0.25, 0.3) is 22.5 Å². The molecule has 0 saturated heterocycles. The second-order valence-electron chi connectivity index (χ2n) is 21.1. The van der Waals surface area contributed by atoms with Crippen molar-refractivity contribution in [2.24, 2.45) is 14.1 Å². The van der Waals surface area contributed by atoms with Crippen LogP contribution in [0, 0.1) is 0 Å². The summed E-state index contributed by atoms with van der Waals surface area (Å²) in [6.45, 7) is 11.7. The maximum Gasteiger partial charge on any atom is 0.284 e. The first kappa shape index (κ1) is 51.0. The molecule has 6 heterocycles. The van der Waals surface area contributed by atoms with Gasteiger partial charge < -0.3 is 19.5 Å². The van der Waals surface area contributed by atoms with E-state index in [-0.39, 0.29) is 58.9 Å². The molecule has 8 aromatic rings. The lowest BCUT2D eigenvalue weighted by Gasteiger charge is -2.17.